The topological polar surface area (TPSA) is 161 Å². The van der Waals surface area contributed by atoms with Crippen molar-refractivity contribution in [1.82, 2.24) is 9.55 Å². The van der Waals surface area contributed by atoms with E-state index in [1.807, 2.05) is 0 Å². The molecule has 2 unspecified atom stereocenters. The van der Waals surface area contributed by atoms with Crippen molar-refractivity contribution in [3.63, 3.8) is 0 Å². The molecule has 0 spiro atoms. The Morgan fingerprint density at radius 2 is 1.86 bits per heavy atom. The first-order valence-electron chi connectivity index (χ1n) is 7.97. The predicted octanol–water partition coefficient (Wildman–Crippen LogP) is 1.02. The Hall–Kier alpha value is -1.24. The van der Waals surface area contributed by atoms with Gasteiger partial charge >= 0.3 is 26.8 Å². The Balaban J connectivity index is 2.18. The van der Waals surface area contributed by atoms with Crippen LogP contribution in [0.15, 0.2) is 17.1 Å². The molecule has 0 saturated carbocycles. The summed E-state index contributed by atoms with van der Waals surface area (Å²) in [5, 5.41) is 9.94. The average Bonchev–Trinajstić information content (AvgIpc) is 2.90. The van der Waals surface area contributed by atoms with Crippen LogP contribution >= 0.6 is 15.2 Å². The van der Waals surface area contributed by atoms with Crippen LogP contribution < -0.4 is 11.4 Å². The third kappa shape index (κ3) is 5.09. The highest BCUT2D eigenvalue weighted by atomic mass is 31.2. The van der Waals surface area contributed by atoms with E-state index in [-0.39, 0.29) is 5.82 Å². The minimum atomic E-state index is -4.13. The van der Waals surface area contributed by atoms with Crippen LogP contribution in [0.5, 0.6) is 0 Å². The Morgan fingerprint density at radius 3 is 2.38 bits per heavy atom. The van der Waals surface area contributed by atoms with Crippen molar-refractivity contribution in [2.24, 2.45) is 0 Å². The summed E-state index contributed by atoms with van der Waals surface area (Å²) in [4.78, 5) is 15.2. The highest BCUT2D eigenvalue weighted by Gasteiger charge is 2.60. The summed E-state index contributed by atoms with van der Waals surface area (Å²) in [7, 11) is -4.86. The second kappa shape index (κ2) is 8.86. The van der Waals surface area contributed by atoms with Gasteiger partial charge in [0.25, 0.3) is 0 Å². The number of nitrogen functional groups attached to an aromatic ring is 1. The van der Waals surface area contributed by atoms with Crippen molar-refractivity contribution in [2.75, 3.05) is 39.6 Å². The number of rotatable bonds is 9. The van der Waals surface area contributed by atoms with Crippen molar-refractivity contribution < 1.29 is 45.8 Å². The van der Waals surface area contributed by atoms with Crippen molar-refractivity contribution in [3.05, 3.63) is 22.7 Å². The van der Waals surface area contributed by atoms with Crippen LogP contribution in [-0.2, 0) is 32.0 Å². The smallest absolute Gasteiger partial charge is 0.351 e. The number of nitrogens with two attached hydrogens (primary N) is 1. The number of hydrogen-bond acceptors (Lipinski definition) is 11. The second-order valence-corrected chi connectivity index (χ2v) is 10.8. The van der Waals surface area contributed by atoms with Crippen LogP contribution in [0, 0.1) is 0 Å². The molecule has 1 aliphatic rings. The molecule has 2 heterocycles. The number of halogens is 2. The number of hydrogen-bond donors (Lipinski definition) is 2. The Labute approximate surface area is 163 Å². The van der Waals surface area contributed by atoms with E-state index < -0.39 is 57.7 Å². The summed E-state index contributed by atoms with van der Waals surface area (Å²) in [5.41, 5.74) is 4.20. The molecule has 0 amide bonds. The molecule has 1 aromatic heterocycles. The molecular weight excluding hydrogens is 442 g/mol. The van der Waals surface area contributed by atoms with E-state index in [0.717, 1.165) is 33.6 Å². The standard InChI is InChI=1S/C13H21F2N3O9P2/c1-23-28(21,24-2)7-29(22,25-3)26-6-8-10(19)13(14,15)11(27-8)18-5-4-9(16)17-12(18)20/h4-5,8,10-11,19H,6-7H2,1-3H3,(H2,16,17,20)/t8-,10?,11-,29?/m1/s1. The first-order valence-corrected chi connectivity index (χ1v) is 11.4. The fourth-order valence-corrected chi connectivity index (χ4v) is 6.49. The van der Waals surface area contributed by atoms with Crippen molar-refractivity contribution in [1.29, 1.82) is 0 Å². The Kier molecular flexibility index (Phi) is 7.35. The average molecular weight is 463 g/mol. The minimum Gasteiger partial charge on any atom is -0.384 e. The maximum Gasteiger partial charge on any atom is 0.351 e. The third-order valence-corrected chi connectivity index (χ3v) is 9.08. The number of ether oxygens (including phenoxy) is 1. The van der Waals surface area contributed by atoms with Crippen molar-refractivity contribution >= 4 is 21.0 Å². The molecule has 1 saturated heterocycles. The molecule has 166 valence electrons. The number of aliphatic hydroxyl groups is 1. The third-order valence-electron chi connectivity index (χ3n) is 4.10. The van der Waals surface area contributed by atoms with E-state index in [9.17, 15) is 27.8 Å². The van der Waals surface area contributed by atoms with Crippen LogP contribution in [-0.4, -0.2) is 66.6 Å². The maximum atomic E-state index is 14.5. The fourth-order valence-electron chi connectivity index (χ4n) is 2.45. The number of aromatic nitrogens is 2. The van der Waals surface area contributed by atoms with E-state index in [2.05, 4.69) is 14.0 Å². The summed E-state index contributed by atoms with van der Waals surface area (Å²) < 4.78 is 78.3. The van der Waals surface area contributed by atoms with Gasteiger partial charge in [0.1, 0.15) is 11.9 Å². The van der Waals surface area contributed by atoms with Gasteiger partial charge in [0.05, 0.1) is 6.61 Å². The van der Waals surface area contributed by atoms with Crippen LogP contribution in [0.2, 0.25) is 0 Å². The SMILES string of the molecule is COP(=O)(CP(=O)(OC)OC[C@H]1O[C@@H](n2ccc(N)nc2=O)C(F)(F)C1O)OC. The lowest BCUT2D eigenvalue weighted by Crippen LogP contribution is -2.42. The second-order valence-electron chi connectivity index (χ2n) is 5.90. The van der Waals surface area contributed by atoms with E-state index in [4.69, 9.17) is 19.5 Å². The number of nitrogens with zero attached hydrogens (tertiary/aromatic N) is 2. The van der Waals surface area contributed by atoms with Crippen LogP contribution in [0.4, 0.5) is 14.6 Å². The molecule has 0 bridgehead atoms. The summed E-state index contributed by atoms with van der Waals surface area (Å²) >= 11 is 0. The summed E-state index contributed by atoms with van der Waals surface area (Å²) in [6, 6.07) is 1.10. The molecule has 1 aliphatic heterocycles. The molecule has 0 aliphatic carbocycles. The van der Waals surface area contributed by atoms with Crippen LogP contribution in [0.25, 0.3) is 0 Å². The quantitative estimate of drug-likeness (QED) is 0.503. The normalized spacial score (nSPS) is 26.3. The van der Waals surface area contributed by atoms with Gasteiger partial charge in [-0.1, -0.05) is 0 Å². The van der Waals surface area contributed by atoms with Gasteiger partial charge < -0.3 is 33.7 Å². The number of alkyl halides is 2. The van der Waals surface area contributed by atoms with Gasteiger partial charge in [-0.25, -0.2) is 4.79 Å². The predicted molar refractivity (Wildman–Crippen MR) is 94.8 cm³/mol. The van der Waals surface area contributed by atoms with Gasteiger partial charge in [0, 0.05) is 27.5 Å². The summed E-state index contributed by atoms with van der Waals surface area (Å²) in [5.74, 6) is -4.90. The van der Waals surface area contributed by atoms with E-state index in [1.165, 1.54) is 0 Å². The number of anilines is 1. The number of aliphatic hydroxyl groups excluding tert-OH is 1. The van der Waals surface area contributed by atoms with E-state index in [0.29, 0.717) is 4.57 Å². The molecule has 0 aromatic carbocycles. The molecule has 29 heavy (non-hydrogen) atoms. The molecular formula is C13H21F2N3O9P2. The molecule has 0 radical (unpaired) electrons. The van der Waals surface area contributed by atoms with Crippen molar-refractivity contribution in [2.45, 2.75) is 24.4 Å². The molecule has 12 nitrogen and oxygen atoms in total. The molecule has 3 N–H and O–H groups in total. The highest BCUT2D eigenvalue weighted by molar-refractivity contribution is 7.71. The Bertz CT molecular complexity index is 875. The van der Waals surface area contributed by atoms with E-state index in [1.54, 1.807) is 0 Å². The van der Waals surface area contributed by atoms with E-state index >= 15 is 0 Å². The van der Waals surface area contributed by atoms with Gasteiger partial charge in [-0.2, -0.15) is 13.8 Å². The molecule has 2 rings (SSSR count). The fraction of sp³-hybridized carbons (Fsp3) is 0.692. The van der Waals surface area contributed by atoms with Crippen molar-refractivity contribution in [3.8, 4) is 0 Å². The van der Waals surface area contributed by atoms with Crippen LogP contribution in [0.1, 0.15) is 6.23 Å². The largest absolute Gasteiger partial charge is 0.384 e. The van der Waals surface area contributed by atoms with Gasteiger partial charge in [0.15, 0.2) is 12.0 Å². The lowest BCUT2D eigenvalue weighted by molar-refractivity contribution is -0.140. The monoisotopic (exact) mass is 463 g/mol. The van der Waals surface area contributed by atoms with Gasteiger partial charge in [-0.3, -0.25) is 13.7 Å². The van der Waals surface area contributed by atoms with Gasteiger partial charge in [-0.15, -0.1) is 0 Å². The van der Waals surface area contributed by atoms with Gasteiger partial charge in [0.2, 0.25) is 6.23 Å². The lowest BCUT2D eigenvalue weighted by Gasteiger charge is -2.22. The summed E-state index contributed by atoms with van der Waals surface area (Å²) in [6.45, 7) is -0.830. The molecule has 4 atom stereocenters. The zero-order valence-corrected chi connectivity index (χ0v) is 17.4. The first-order chi connectivity index (χ1) is 13.4. The highest BCUT2D eigenvalue weighted by Crippen LogP contribution is 2.63. The molecule has 16 heteroatoms. The Morgan fingerprint density at radius 1 is 1.28 bits per heavy atom. The molecule has 1 aromatic rings. The van der Waals surface area contributed by atoms with Crippen LogP contribution in [0.3, 0.4) is 0 Å². The first kappa shape index (κ1) is 24.0. The zero-order valence-electron chi connectivity index (χ0n) is 15.6. The lowest BCUT2D eigenvalue weighted by atomic mass is 10.1. The maximum absolute atomic E-state index is 14.5. The van der Waals surface area contributed by atoms with Gasteiger partial charge in [-0.05, 0) is 6.07 Å². The minimum absolute atomic E-state index is 0.185. The zero-order chi connectivity index (χ0) is 22.0. The summed E-state index contributed by atoms with van der Waals surface area (Å²) in [6.07, 6.45) is -5.39. The molecule has 1 fully saturated rings.